The molecular formula is C24H21N3O3. The van der Waals surface area contributed by atoms with E-state index >= 15 is 0 Å². The van der Waals surface area contributed by atoms with E-state index in [4.69, 9.17) is 0 Å². The average Bonchev–Trinajstić information content (AvgIpc) is 3.01. The van der Waals surface area contributed by atoms with Gasteiger partial charge in [-0.15, -0.1) is 0 Å². The first-order chi connectivity index (χ1) is 14.6. The first kappa shape index (κ1) is 19.4. The SMILES string of the molecule is O=C(CN1C(=O)N[C@](Cc2ccccc2)(c2ccccc2)C1=O)Nc1ccccc1. The third-order valence-corrected chi connectivity index (χ3v) is 5.11. The summed E-state index contributed by atoms with van der Waals surface area (Å²) in [6.45, 7) is -0.358. The van der Waals surface area contributed by atoms with Crippen molar-refractivity contribution in [1.82, 2.24) is 10.2 Å². The molecule has 3 aromatic rings. The van der Waals surface area contributed by atoms with E-state index in [0.29, 0.717) is 17.7 Å². The number of anilines is 1. The van der Waals surface area contributed by atoms with Gasteiger partial charge >= 0.3 is 6.03 Å². The van der Waals surface area contributed by atoms with E-state index in [1.807, 2.05) is 66.7 Å². The lowest BCUT2D eigenvalue weighted by Gasteiger charge is -2.27. The number of carbonyl (C=O) groups is 3. The highest BCUT2D eigenvalue weighted by Crippen LogP contribution is 2.33. The molecule has 0 unspecified atom stereocenters. The molecule has 6 heteroatoms. The summed E-state index contributed by atoms with van der Waals surface area (Å²) in [6.07, 6.45) is 0.291. The summed E-state index contributed by atoms with van der Waals surface area (Å²) in [6, 6.07) is 27.0. The van der Waals surface area contributed by atoms with Crippen LogP contribution in [0.15, 0.2) is 91.0 Å². The van der Waals surface area contributed by atoms with Gasteiger partial charge in [-0.2, -0.15) is 0 Å². The van der Waals surface area contributed by atoms with Crippen molar-refractivity contribution in [2.45, 2.75) is 12.0 Å². The van der Waals surface area contributed by atoms with Crippen LogP contribution >= 0.6 is 0 Å². The molecule has 1 aliphatic rings. The van der Waals surface area contributed by atoms with Crippen molar-refractivity contribution in [2.24, 2.45) is 0 Å². The summed E-state index contributed by atoms with van der Waals surface area (Å²) in [5, 5.41) is 5.57. The van der Waals surface area contributed by atoms with Crippen molar-refractivity contribution in [1.29, 1.82) is 0 Å². The second-order valence-electron chi connectivity index (χ2n) is 7.17. The monoisotopic (exact) mass is 399 g/mol. The van der Waals surface area contributed by atoms with Crippen molar-refractivity contribution in [3.05, 3.63) is 102 Å². The third-order valence-electron chi connectivity index (χ3n) is 5.11. The van der Waals surface area contributed by atoms with Gasteiger partial charge in [0.2, 0.25) is 5.91 Å². The van der Waals surface area contributed by atoms with E-state index < -0.39 is 23.4 Å². The van der Waals surface area contributed by atoms with E-state index in [1.54, 1.807) is 24.3 Å². The van der Waals surface area contributed by atoms with Crippen LogP contribution in [-0.2, 0) is 21.5 Å². The first-order valence-electron chi connectivity index (χ1n) is 9.67. The Kier molecular flexibility index (Phi) is 5.30. The van der Waals surface area contributed by atoms with Gasteiger partial charge in [-0.3, -0.25) is 14.5 Å². The van der Waals surface area contributed by atoms with Crippen molar-refractivity contribution >= 4 is 23.5 Å². The van der Waals surface area contributed by atoms with Crippen LogP contribution in [0, 0.1) is 0 Å². The molecule has 6 nitrogen and oxygen atoms in total. The van der Waals surface area contributed by atoms with Gasteiger partial charge in [0.05, 0.1) is 0 Å². The number of carbonyl (C=O) groups excluding carboxylic acids is 3. The first-order valence-corrected chi connectivity index (χ1v) is 9.67. The quantitative estimate of drug-likeness (QED) is 0.624. The fraction of sp³-hybridized carbons (Fsp3) is 0.125. The van der Waals surface area contributed by atoms with Gasteiger partial charge in [0.25, 0.3) is 5.91 Å². The molecule has 4 amide bonds. The summed E-state index contributed by atoms with van der Waals surface area (Å²) < 4.78 is 0. The topological polar surface area (TPSA) is 78.5 Å². The van der Waals surface area contributed by atoms with Gasteiger partial charge in [0.15, 0.2) is 5.54 Å². The van der Waals surface area contributed by atoms with Crippen LogP contribution in [0.2, 0.25) is 0 Å². The number of hydrogen-bond acceptors (Lipinski definition) is 3. The Morgan fingerprint density at radius 1 is 0.833 bits per heavy atom. The van der Waals surface area contributed by atoms with Crippen LogP contribution in [0.5, 0.6) is 0 Å². The summed E-state index contributed by atoms with van der Waals surface area (Å²) in [7, 11) is 0. The van der Waals surface area contributed by atoms with Crippen LogP contribution in [0.4, 0.5) is 10.5 Å². The predicted octanol–water partition coefficient (Wildman–Crippen LogP) is 3.32. The van der Waals surface area contributed by atoms with E-state index in [2.05, 4.69) is 10.6 Å². The lowest BCUT2D eigenvalue weighted by Crippen LogP contribution is -2.46. The summed E-state index contributed by atoms with van der Waals surface area (Å²) in [5.74, 6) is -0.876. The highest BCUT2D eigenvalue weighted by molar-refractivity contribution is 6.10. The molecule has 1 aliphatic heterocycles. The molecule has 0 spiro atoms. The number of imide groups is 1. The molecule has 0 saturated carbocycles. The van der Waals surface area contributed by atoms with E-state index in [0.717, 1.165) is 10.5 Å². The van der Waals surface area contributed by atoms with Crippen LogP contribution in [-0.4, -0.2) is 29.3 Å². The molecular weight excluding hydrogens is 378 g/mol. The number of rotatable bonds is 6. The zero-order valence-electron chi connectivity index (χ0n) is 16.2. The minimum atomic E-state index is -1.26. The van der Waals surface area contributed by atoms with Crippen LogP contribution in [0.1, 0.15) is 11.1 Å². The molecule has 0 radical (unpaired) electrons. The minimum Gasteiger partial charge on any atom is -0.325 e. The number of hydrogen-bond donors (Lipinski definition) is 2. The Balaban J connectivity index is 1.61. The normalized spacial score (nSPS) is 18.2. The average molecular weight is 399 g/mol. The van der Waals surface area contributed by atoms with Gasteiger partial charge in [0.1, 0.15) is 6.54 Å². The minimum absolute atomic E-state index is 0.291. The molecule has 1 heterocycles. The molecule has 1 saturated heterocycles. The standard InChI is InChI=1S/C24H21N3O3/c28-21(25-20-14-8-3-9-15-20)17-27-22(29)24(26-23(27)30,19-12-6-2-7-13-19)16-18-10-4-1-5-11-18/h1-15H,16-17H2,(H,25,28)(H,26,30)/t24-/m1/s1. The highest BCUT2D eigenvalue weighted by atomic mass is 16.2. The summed E-state index contributed by atoms with van der Waals surface area (Å²) >= 11 is 0. The molecule has 2 N–H and O–H groups in total. The number of nitrogens with zero attached hydrogens (tertiary/aromatic N) is 1. The van der Waals surface area contributed by atoms with Gasteiger partial charge in [-0.25, -0.2) is 4.79 Å². The maximum atomic E-state index is 13.5. The van der Waals surface area contributed by atoms with Gasteiger partial charge in [-0.05, 0) is 23.3 Å². The molecule has 0 aromatic heterocycles. The third kappa shape index (κ3) is 3.80. The zero-order valence-corrected chi connectivity index (χ0v) is 16.2. The second kappa shape index (κ2) is 8.21. The Hall–Kier alpha value is -3.93. The molecule has 30 heavy (non-hydrogen) atoms. The number of benzene rings is 3. The summed E-state index contributed by atoms with van der Waals surface area (Å²) in [4.78, 5) is 39.7. The summed E-state index contributed by atoms with van der Waals surface area (Å²) in [5.41, 5.74) is 0.934. The molecule has 3 aromatic carbocycles. The van der Waals surface area contributed by atoms with Crippen LogP contribution in [0.25, 0.3) is 0 Å². The molecule has 150 valence electrons. The predicted molar refractivity (Wildman–Crippen MR) is 114 cm³/mol. The maximum absolute atomic E-state index is 13.5. The number of urea groups is 1. The maximum Gasteiger partial charge on any atom is 0.325 e. The number of nitrogens with one attached hydrogen (secondary N) is 2. The van der Waals surface area contributed by atoms with Crippen molar-refractivity contribution < 1.29 is 14.4 Å². The molecule has 1 atom stereocenters. The zero-order chi connectivity index (χ0) is 21.0. The highest BCUT2D eigenvalue weighted by Gasteiger charge is 2.52. The smallest absolute Gasteiger partial charge is 0.325 e. The fourth-order valence-electron chi connectivity index (χ4n) is 3.68. The molecule has 1 fully saturated rings. The Morgan fingerprint density at radius 3 is 2.03 bits per heavy atom. The Bertz CT molecular complexity index is 1050. The van der Waals surface area contributed by atoms with Gasteiger partial charge in [-0.1, -0.05) is 78.9 Å². The van der Waals surface area contributed by atoms with Crippen LogP contribution < -0.4 is 10.6 Å². The molecule has 0 bridgehead atoms. The van der Waals surface area contributed by atoms with Gasteiger partial charge < -0.3 is 10.6 Å². The van der Waals surface area contributed by atoms with E-state index in [-0.39, 0.29) is 6.54 Å². The van der Waals surface area contributed by atoms with E-state index in [1.165, 1.54) is 0 Å². The van der Waals surface area contributed by atoms with E-state index in [9.17, 15) is 14.4 Å². The lowest BCUT2D eigenvalue weighted by molar-refractivity contribution is -0.134. The van der Waals surface area contributed by atoms with Crippen molar-refractivity contribution in [2.75, 3.05) is 11.9 Å². The fourth-order valence-corrected chi connectivity index (χ4v) is 3.68. The lowest BCUT2D eigenvalue weighted by atomic mass is 9.83. The Morgan fingerprint density at radius 2 is 1.40 bits per heavy atom. The number of para-hydroxylation sites is 1. The molecule has 4 rings (SSSR count). The van der Waals surface area contributed by atoms with Crippen molar-refractivity contribution in [3.63, 3.8) is 0 Å². The number of amides is 4. The largest absolute Gasteiger partial charge is 0.325 e. The van der Waals surface area contributed by atoms with Crippen LogP contribution in [0.3, 0.4) is 0 Å². The van der Waals surface area contributed by atoms with Gasteiger partial charge in [0, 0.05) is 12.1 Å². The Labute approximate surface area is 174 Å². The molecule has 0 aliphatic carbocycles. The second-order valence-corrected chi connectivity index (χ2v) is 7.17. The van der Waals surface area contributed by atoms with Crippen molar-refractivity contribution in [3.8, 4) is 0 Å².